The first-order valence-electron chi connectivity index (χ1n) is 28.8. The average Bonchev–Trinajstić information content (AvgIpc) is 1.02. The van der Waals surface area contributed by atoms with E-state index in [0.717, 1.165) is 69.6 Å². The fourth-order valence-corrected chi connectivity index (χ4v) is 10.3. The van der Waals surface area contributed by atoms with Crippen molar-refractivity contribution < 1.29 is 37.1 Å². The molecule has 2 heterocycles. The van der Waals surface area contributed by atoms with Crippen molar-refractivity contribution >= 4 is 58.4 Å². The fraction of sp³-hybridized carbons (Fsp3) is 0.149. The minimum absolute atomic E-state index is 0.0192. The molecule has 0 radical (unpaired) electrons. The Morgan fingerprint density at radius 1 is 0.449 bits per heavy atom. The molecule has 3 aliphatic carbocycles. The van der Waals surface area contributed by atoms with Crippen LogP contribution >= 0.6 is 11.6 Å². The van der Waals surface area contributed by atoms with Crippen molar-refractivity contribution in [2.75, 3.05) is 0 Å². The van der Waals surface area contributed by atoms with Crippen molar-refractivity contribution in [1.29, 1.82) is 0 Å². The van der Waals surface area contributed by atoms with Gasteiger partial charge in [0.05, 0.1) is 40.2 Å². The van der Waals surface area contributed by atoms with E-state index < -0.39 is 17.5 Å². The molecule has 7 aromatic carbocycles. The Labute approximate surface area is 518 Å². The molecule has 12 rings (SSSR count). The highest BCUT2D eigenvalue weighted by Gasteiger charge is 2.36. The van der Waals surface area contributed by atoms with Gasteiger partial charge in [0.25, 0.3) is 0 Å². The van der Waals surface area contributed by atoms with Crippen molar-refractivity contribution in [2.45, 2.75) is 60.6 Å². The lowest BCUT2D eigenvalue weighted by Gasteiger charge is -2.19. The van der Waals surface area contributed by atoms with Crippen LogP contribution in [-0.2, 0) is 11.0 Å². The Kier molecular flexibility index (Phi) is 18.6. The Morgan fingerprint density at radius 3 is 1.28 bits per heavy atom. The van der Waals surface area contributed by atoms with E-state index in [2.05, 4.69) is 47.9 Å². The number of nitrogens with zero attached hydrogens (tertiary/aromatic N) is 6. The highest BCUT2D eigenvalue weighted by atomic mass is 35.5. The fourth-order valence-electron chi connectivity index (χ4n) is 10.2. The summed E-state index contributed by atoms with van der Waals surface area (Å²) in [4.78, 5) is 83.5. The molecular weight excluding hydrogens is 1150 g/mol. The van der Waals surface area contributed by atoms with Gasteiger partial charge in [-0.25, -0.2) is 19.9 Å². The van der Waals surface area contributed by atoms with Gasteiger partial charge in [-0.1, -0.05) is 196 Å². The van der Waals surface area contributed by atoms with E-state index >= 15 is 0 Å². The van der Waals surface area contributed by atoms with Crippen LogP contribution in [0.1, 0.15) is 133 Å². The van der Waals surface area contributed by atoms with E-state index in [1.807, 2.05) is 105 Å². The number of allylic oxidation sites excluding steroid dienone is 5. The van der Waals surface area contributed by atoms with Crippen LogP contribution in [0.4, 0.5) is 18.9 Å². The molecule has 0 atom stereocenters. The molecule has 0 amide bonds. The van der Waals surface area contributed by atoms with E-state index in [1.54, 1.807) is 91.1 Å². The monoisotopic (exact) mass is 1200 g/mol. The van der Waals surface area contributed by atoms with Crippen LogP contribution in [0.25, 0.3) is 45.9 Å². The third-order valence-electron chi connectivity index (χ3n) is 14.6. The van der Waals surface area contributed by atoms with Gasteiger partial charge < -0.3 is 0 Å². The predicted molar refractivity (Wildman–Crippen MR) is 341 cm³/mol. The van der Waals surface area contributed by atoms with Gasteiger partial charge in [-0.3, -0.25) is 24.0 Å². The minimum atomic E-state index is -4.42. The van der Waals surface area contributed by atoms with Gasteiger partial charge in [-0.05, 0) is 104 Å². The summed E-state index contributed by atoms with van der Waals surface area (Å²) in [7, 11) is 0. The van der Waals surface area contributed by atoms with Crippen LogP contribution in [0, 0.1) is 25.7 Å². The van der Waals surface area contributed by atoms with Crippen LogP contribution in [0.15, 0.2) is 221 Å². The Hall–Kier alpha value is -10.3. The molecule has 0 N–H and O–H groups in total. The number of hydrogen-bond donors (Lipinski definition) is 0. The SMILES string of the molecule is CC(C)CC1=CC(=CN=Nc2ccc(Cl)cc2)C=C(CC(C)C)C1=O.Cc1ccc(-c2nc3c(nc2-c2ccc(C)cc2)C(=O)c2ccccc2C3=O)cc1.O=C1c2ccccc2C(=O)c2nc(-c3ccccc3)c(/C=C/c3ccc(C(F)(F)F)cc3)nc21. The zero-order valence-electron chi connectivity index (χ0n) is 49.4. The van der Waals surface area contributed by atoms with Crippen LogP contribution in [0.2, 0.25) is 5.02 Å². The molecule has 0 spiro atoms. The van der Waals surface area contributed by atoms with Gasteiger partial charge >= 0.3 is 6.18 Å². The average molecular weight is 1200 g/mol. The molecule has 9 aromatic rings. The van der Waals surface area contributed by atoms with Crippen molar-refractivity contribution in [3.05, 3.63) is 289 Å². The molecule has 0 saturated carbocycles. The van der Waals surface area contributed by atoms with Gasteiger partial charge in [0.15, 0.2) is 5.78 Å². The smallest absolute Gasteiger partial charge is 0.289 e. The summed E-state index contributed by atoms with van der Waals surface area (Å²) in [5.41, 5.74) is 11.2. The van der Waals surface area contributed by atoms with E-state index in [1.165, 1.54) is 12.1 Å². The zero-order chi connectivity index (χ0) is 63.1. The molecule has 0 fully saturated rings. The van der Waals surface area contributed by atoms with E-state index in [9.17, 15) is 37.1 Å². The molecular formula is C74H58ClF3N6O5. The van der Waals surface area contributed by atoms with Crippen LogP contribution in [0.5, 0.6) is 0 Å². The first-order chi connectivity index (χ1) is 42.7. The first kappa shape index (κ1) is 61.8. The number of Topliss-reactive ketones (excluding diaryl/α,β-unsaturated/α-hetero) is 1. The zero-order valence-corrected chi connectivity index (χ0v) is 50.2. The molecule has 0 bridgehead atoms. The standard InChI is InChI=1S/C27H15F3N2O2.C26H18N2O2.C21H25ClN2O/c28-27(29,30)18-13-10-16(11-14-18)12-15-21-22(17-6-2-1-3-7-17)32-24-23(31-21)25(33)19-8-4-5-9-20(19)26(24)34;1-15-7-11-17(12-8-15)21-22(18-13-9-16(2)10-14-18)28-24-23(27-21)25(29)19-5-3-4-6-20(19)26(24)30;1-14(2)9-17-11-16(12-18(21(17)25)10-15(3)4)13-23-24-20-7-5-19(22)6-8-20/h1-15H;3-14H,1-2H3;5-8,11-15H,9-10H2,1-4H3/b15-12+;;. The third-order valence-corrected chi connectivity index (χ3v) is 14.9. The second kappa shape index (κ2) is 26.8. The van der Waals surface area contributed by atoms with Crippen molar-refractivity contribution in [3.63, 3.8) is 0 Å². The number of carbonyl (C=O) groups is 5. The largest absolute Gasteiger partial charge is 0.416 e. The lowest BCUT2D eigenvalue weighted by molar-refractivity contribution is -0.137. The van der Waals surface area contributed by atoms with E-state index in [4.69, 9.17) is 21.6 Å². The number of carbonyl (C=O) groups excluding carboxylic acids is 5. The van der Waals surface area contributed by atoms with Crippen LogP contribution in [0.3, 0.4) is 0 Å². The summed E-state index contributed by atoms with van der Waals surface area (Å²) in [6, 6.07) is 50.1. The first-order valence-corrected chi connectivity index (χ1v) is 29.2. The topological polar surface area (TPSA) is 162 Å². The lowest BCUT2D eigenvalue weighted by atomic mass is 9.85. The number of azo groups is 1. The van der Waals surface area contributed by atoms with Crippen molar-refractivity contribution in [1.82, 2.24) is 19.9 Å². The normalized spacial score (nSPS) is 13.5. The highest BCUT2D eigenvalue weighted by Crippen LogP contribution is 2.36. The van der Waals surface area contributed by atoms with Gasteiger partial charge in [-0.2, -0.15) is 23.4 Å². The second-order valence-corrected chi connectivity index (χ2v) is 22.9. The number of aryl methyl sites for hydroxylation is 2. The lowest BCUT2D eigenvalue weighted by Crippen LogP contribution is -2.24. The molecule has 0 unspecified atom stereocenters. The molecule has 89 heavy (non-hydrogen) atoms. The number of rotatable bonds is 11. The van der Waals surface area contributed by atoms with Gasteiger partial charge in [-0.15, -0.1) is 0 Å². The van der Waals surface area contributed by atoms with E-state index in [0.29, 0.717) is 61.9 Å². The minimum Gasteiger partial charge on any atom is -0.289 e. The number of aromatic nitrogens is 4. The summed E-state index contributed by atoms with van der Waals surface area (Å²) < 4.78 is 38.5. The van der Waals surface area contributed by atoms with Crippen molar-refractivity contribution in [2.24, 2.45) is 22.1 Å². The number of fused-ring (bicyclic) bond motifs is 4. The van der Waals surface area contributed by atoms with Gasteiger partial charge in [0, 0.05) is 55.1 Å². The van der Waals surface area contributed by atoms with E-state index in [-0.39, 0.29) is 57.0 Å². The summed E-state index contributed by atoms with van der Waals surface area (Å²) in [6.07, 6.45) is 5.89. The van der Waals surface area contributed by atoms with Gasteiger partial charge in [0.1, 0.15) is 22.8 Å². The maximum Gasteiger partial charge on any atom is 0.416 e. The summed E-state index contributed by atoms with van der Waals surface area (Å²) in [6.45, 7) is 12.5. The summed E-state index contributed by atoms with van der Waals surface area (Å²) in [5, 5.41) is 9.02. The van der Waals surface area contributed by atoms with Crippen LogP contribution in [-0.4, -0.2) is 48.9 Å². The predicted octanol–water partition coefficient (Wildman–Crippen LogP) is 18.1. The quantitative estimate of drug-likeness (QED) is 0.115. The second-order valence-electron chi connectivity index (χ2n) is 22.4. The molecule has 2 aromatic heterocycles. The number of ketones is 5. The Morgan fingerprint density at radius 2 is 0.854 bits per heavy atom. The maximum absolute atomic E-state index is 13.1. The third kappa shape index (κ3) is 14.3. The molecule has 442 valence electrons. The molecule has 15 heteroatoms. The molecule has 0 saturated heterocycles. The summed E-state index contributed by atoms with van der Waals surface area (Å²) >= 11 is 5.86. The number of alkyl halides is 3. The number of halogens is 4. The van der Waals surface area contributed by atoms with Crippen molar-refractivity contribution in [3.8, 4) is 33.8 Å². The summed E-state index contributed by atoms with van der Waals surface area (Å²) in [5.74, 6) is -0.270. The number of benzene rings is 7. The Bertz CT molecular complexity index is 4260. The van der Waals surface area contributed by atoms with Crippen LogP contribution < -0.4 is 0 Å². The van der Waals surface area contributed by atoms with Gasteiger partial charge in [0.2, 0.25) is 23.1 Å². The molecule has 0 aliphatic heterocycles. The number of hydrogen-bond acceptors (Lipinski definition) is 11. The molecule has 3 aliphatic rings. The maximum atomic E-state index is 13.1. The highest BCUT2D eigenvalue weighted by molar-refractivity contribution is 6.30. The molecule has 11 nitrogen and oxygen atoms in total. The Balaban J connectivity index is 0.000000149.